The fourth-order valence-electron chi connectivity index (χ4n) is 2.99. The van der Waals surface area contributed by atoms with Crippen molar-refractivity contribution in [2.24, 2.45) is 0 Å². The standard InChI is InChI=1S/C22H24N2O3S/c1-27-22-13-5-12-21(16-22)24(18-20-10-6-14-23-17-20)28(25,26)15-7-11-19-8-3-2-4-9-19/h2-6,8-10,12-14,16-17H,7,11,15,18H2,1H3. The molecule has 28 heavy (non-hydrogen) atoms. The van der Waals surface area contributed by atoms with Crippen molar-refractivity contribution >= 4 is 15.7 Å². The van der Waals surface area contributed by atoms with Crippen LogP contribution in [0.1, 0.15) is 17.5 Å². The van der Waals surface area contributed by atoms with Gasteiger partial charge in [-0.05, 0) is 42.2 Å². The molecule has 1 aromatic heterocycles. The molecule has 0 amide bonds. The smallest absolute Gasteiger partial charge is 0.235 e. The number of ether oxygens (including phenoxy) is 1. The van der Waals surface area contributed by atoms with Gasteiger partial charge < -0.3 is 4.74 Å². The number of hydrogen-bond donors (Lipinski definition) is 0. The quantitative estimate of drug-likeness (QED) is 0.547. The largest absolute Gasteiger partial charge is 0.497 e. The van der Waals surface area contributed by atoms with E-state index in [1.807, 2.05) is 36.4 Å². The summed E-state index contributed by atoms with van der Waals surface area (Å²) in [6, 6.07) is 20.7. The highest BCUT2D eigenvalue weighted by Gasteiger charge is 2.23. The number of pyridine rings is 1. The summed E-state index contributed by atoms with van der Waals surface area (Å²) < 4.78 is 33.1. The molecule has 1 heterocycles. The summed E-state index contributed by atoms with van der Waals surface area (Å²) in [5, 5.41) is 0. The Labute approximate surface area is 166 Å². The average Bonchev–Trinajstić information content (AvgIpc) is 2.73. The molecule has 0 spiro atoms. The van der Waals surface area contributed by atoms with E-state index in [1.165, 1.54) is 4.31 Å². The molecule has 0 saturated heterocycles. The molecule has 2 aromatic carbocycles. The van der Waals surface area contributed by atoms with Gasteiger partial charge in [0.1, 0.15) is 5.75 Å². The van der Waals surface area contributed by atoms with Gasteiger partial charge in [-0.3, -0.25) is 9.29 Å². The van der Waals surface area contributed by atoms with Crippen molar-refractivity contribution in [3.8, 4) is 5.75 Å². The highest BCUT2D eigenvalue weighted by Crippen LogP contribution is 2.26. The third-order valence-corrected chi connectivity index (χ3v) is 6.25. The maximum atomic E-state index is 13.2. The highest BCUT2D eigenvalue weighted by atomic mass is 32.2. The van der Waals surface area contributed by atoms with E-state index in [9.17, 15) is 8.42 Å². The lowest BCUT2D eigenvalue weighted by atomic mass is 10.1. The summed E-state index contributed by atoms with van der Waals surface area (Å²) in [6.07, 6.45) is 4.64. The van der Waals surface area contributed by atoms with Gasteiger partial charge in [-0.15, -0.1) is 0 Å². The zero-order chi connectivity index (χ0) is 19.8. The van der Waals surface area contributed by atoms with Gasteiger partial charge in [-0.1, -0.05) is 42.5 Å². The van der Waals surface area contributed by atoms with Crippen molar-refractivity contribution in [2.75, 3.05) is 17.2 Å². The Balaban J connectivity index is 1.81. The van der Waals surface area contributed by atoms with Crippen LogP contribution >= 0.6 is 0 Å². The second-order valence-corrected chi connectivity index (χ2v) is 8.49. The lowest BCUT2D eigenvalue weighted by Crippen LogP contribution is -2.32. The first-order valence-electron chi connectivity index (χ1n) is 9.16. The van der Waals surface area contributed by atoms with Crippen molar-refractivity contribution in [1.29, 1.82) is 0 Å². The molecule has 0 aliphatic heterocycles. The number of anilines is 1. The molecule has 6 heteroatoms. The monoisotopic (exact) mass is 396 g/mol. The third kappa shape index (κ3) is 5.33. The first-order chi connectivity index (χ1) is 13.6. The van der Waals surface area contributed by atoms with Gasteiger partial charge in [0, 0.05) is 18.5 Å². The van der Waals surface area contributed by atoms with E-state index in [0.29, 0.717) is 17.9 Å². The minimum absolute atomic E-state index is 0.0688. The molecule has 0 aliphatic rings. The van der Waals surface area contributed by atoms with Crippen LogP contribution < -0.4 is 9.04 Å². The lowest BCUT2D eigenvalue weighted by Gasteiger charge is -2.25. The SMILES string of the molecule is COc1cccc(N(Cc2cccnc2)S(=O)(=O)CCCc2ccccc2)c1. The summed E-state index contributed by atoms with van der Waals surface area (Å²) in [4.78, 5) is 4.10. The Bertz CT molecular complexity index is 977. The zero-order valence-electron chi connectivity index (χ0n) is 15.9. The van der Waals surface area contributed by atoms with E-state index < -0.39 is 10.0 Å². The Morgan fingerprint density at radius 3 is 2.46 bits per heavy atom. The van der Waals surface area contributed by atoms with Crippen LogP contribution in [0.2, 0.25) is 0 Å². The van der Waals surface area contributed by atoms with Gasteiger partial charge >= 0.3 is 0 Å². The zero-order valence-corrected chi connectivity index (χ0v) is 16.7. The maximum Gasteiger partial charge on any atom is 0.235 e. The number of aromatic nitrogens is 1. The van der Waals surface area contributed by atoms with Gasteiger partial charge in [-0.25, -0.2) is 8.42 Å². The molecule has 3 aromatic rings. The maximum absolute atomic E-state index is 13.2. The second-order valence-electron chi connectivity index (χ2n) is 6.47. The minimum Gasteiger partial charge on any atom is -0.497 e. The van der Waals surface area contributed by atoms with Gasteiger partial charge in [0.25, 0.3) is 0 Å². The first kappa shape index (κ1) is 19.9. The summed E-state index contributed by atoms with van der Waals surface area (Å²) in [6.45, 7) is 0.231. The fourth-order valence-corrected chi connectivity index (χ4v) is 4.50. The summed E-state index contributed by atoms with van der Waals surface area (Å²) in [5.74, 6) is 0.687. The normalized spacial score (nSPS) is 11.2. The summed E-state index contributed by atoms with van der Waals surface area (Å²) >= 11 is 0. The van der Waals surface area contributed by atoms with Crippen LogP contribution in [0.15, 0.2) is 79.1 Å². The van der Waals surface area contributed by atoms with E-state index >= 15 is 0 Å². The highest BCUT2D eigenvalue weighted by molar-refractivity contribution is 7.92. The molecular weight excluding hydrogens is 372 g/mol. The number of rotatable bonds is 9. The number of aryl methyl sites for hydroxylation is 1. The van der Waals surface area contributed by atoms with E-state index in [-0.39, 0.29) is 12.3 Å². The molecule has 146 valence electrons. The van der Waals surface area contributed by atoms with Gasteiger partial charge in [-0.2, -0.15) is 0 Å². The predicted octanol–water partition coefficient (Wildman–Crippen LogP) is 4.06. The molecule has 0 fully saturated rings. The minimum atomic E-state index is -3.52. The van der Waals surface area contributed by atoms with Crippen LogP contribution in [-0.4, -0.2) is 26.3 Å². The average molecular weight is 397 g/mol. The van der Waals surface area contributed by atoms with E-state index in [2.05, 4.69) is 4.98 Å². The molecule has 0 atom stereocenters. The molecule has 0 N–H and O–H groups in total. The van der Waals surface area contributed by atoms with E-state index in [0.717, 1.165) is 17.5 Å². The Morgan fingerprint density at radius 1 is 0.964 bits per heavy atom. The Kier molecular flexibility index (Phi) is 6.66. The van der Waals surface area contributed by atoms with Crippen LogP contribution in [0, 0.1) is 0 Å². The lowest BCUT2D eigenvalue weighted by molar-refractivity contribution is 0.415. The van der Waals surface area contributed by atoms with Crippen LogP contribution in [0.5, 0.6) is 5.75 Å². The topological polar surface area (TPSA) is 59.5 Å². The molecule has 0 radical (unpaired) electrons. The van der Waals surface area contributed by atoms with Crippen LogP contribution in [-0.2, 0) is 23.0 Å². The van der Waals surface area contributed by atoms with Crippen LogP contribution in [0.4, 0.5) is 5.69 Å². The molecular formula is C22H24N2O3S. The summed E-state index contributed by atoms with van der Waals surface area (Å²) in [7, 11) is -1.95. The molecule has 0 saturated carbocycles. The van der Waals surface area contributed by atoms with Crippen molar-refractivity contribution < 1.29 is 13.2 Å². The Hall–Kier alpha value is -2.86. The second kappa shape index (κ2) is 9.37. The van der Waals surface area contributed by atoms with Crippen molar-refractivity contribution in [1.82, 2.24) is 4.98 Å². The molecule has 0 bridgehead atoms. The number of hydrogen-bond acceptors (Lipinski definition) is 4. The first-order valence-corrected chi connectivity index (χ1v) is 10.8. The molecule has 0 unspecified atom stereocenters. The number of benzene rings is 2. The van der Waals surface area contributed by atoms with Crippen LogP contribution in [0.3, 0.4) is 0 Å². The predicted molar refractivity (Wildman–Crippen MR) is 112 cm³/mol. The van der Waals surface area contributed by atoms with Crippen LogP contribution in [0.25, 0.3) is 0 Å². The molecule has 3 rings (SSSR count). The number of methoxy groups -OCH3 is 1. The van der Waals surface area contributed by atoms with Crippen molar-refractivity contribution in [2.45, 2.75) is 19.4 Å². The van der Waals surface area contributed by atoms with E-state index in [4.69, 9.17) is 4.74 Å². The molecule has 5 nitrogen and oxygen atoms in total. The van der Waals surface area contributed by atoms with Crippen molar-refractivity contribution in [3.05, 3.63) is 90.3 Å². The van der Waals surface area contributed by atoms with E-state index in [1.54, 1.807) is 49.8 Å². The van der Waals surface area contributed by atoms with Gasteiger partial charge in [0.15, 0.2) is 0 Å². The Morgan fingerprint density at radius 2 is 1.75 bits per heavy atom. The number of nitrogens with zero attached hydrogens (tertiary/aromatic N) is 2. The summed E-state index contributed by atoms with van der Waals surface area (Å²) in [5.41, 5.74) is 2.55. The fraction of sp³-hybridized carbons (Fsp3) is 0.227. The third-order valence-electron chi connectivity index (χ3n) is 4.44. The molecule has 0 aliphatic carbocycles. The van der Waals surface area contributed by atoms with Gasteiger partial charge in [0.2, 0.25) is 10.0 Å². The van der Waals surface area contributed by atoms with Gasteiger partial charge in [0.05, 0.1) is 25.1 Å². The number of sulfonamides is 1. The van der Waals surface area contributed by atoms with Crippen molar-refractivity contribution in [3.63, 3.8) is 0 Å².